The summed E-state index contributed by atoms with van der Waals surface area (Å²) >= 11 is 0. The Labute approximate surface area is 202 Å². The van der Waals surface area contributed by atoms with Crippen molar-refractivity contribution in [3.63, 3.8) is 0 Å². The molecule has 2 heterocycles. The summed E-state index contributed by atoms with van der Waals surface area (Å²) in [6.45, 7) is 3.88. The van der Waals surface area contributed by atoms with Crippen LogP contribution in [-0.4, -0.2) is 81.9 Å². The lowest BCUT2D eigenvalue weighted by molar-refractivity contribution is -0.138. The fraction of sp³-hybridized carbons (Fsp3) is 0.480. The van der Waals surface area contributed by atoms with Gasteiger partial charge < -0.3 is 14.4 Å². The number of hydrogen-bond donors (Lipinski definition) is 0. The highest BCUT2D eigenvalue weighted by Crippen LogP contribution is 2.31. The third kappa shape index (κ3) is 5.37. The molecule has 184 valence electrons. The Morgan fingerprint density at radius 3 is 2.38 bits per heavy atom. The zero-order chi connectivity index (χ0) is 24.1. The van der Waals surface area contributed by atoms with E-state index >= 15 is 0 Å². The van der Waals surface area contributed by atoms with Crippen molar-refractivity contribution < 1.29 is 22.7 Å². The van der Waals surface area contributed by atoms with Crippen molar-refractivity contribution in [3.05, 3.63) is 54.1 Å². The van der Waals surface area contributed by atoms with Crippen molar-refractivity contribution in [2.45, 2.75) is 24.3 Å². The van der Waals surface area contributed by atoms with Crippen LogP contribution in [0.2, 0.25) is 0 Å². The molecule has 9 heteroatoms. The molecule has 4 rings (SSSR count). The molecule has 0 aromatic heterocycles. The molecule has 0 spiro atoms. The number of carbonyl (C=O) groups is 1. The van der Waals surface area contributed by atoms with E-state index in [9.17, 15) is 13.2 Å². The largest absolute Gasteiger partial charge is 0.497 e. The van der Waals surface area contributed by atoms with E-state index in [1.807, 2.05) is 23.1 Å². The van der Waals surface area contributed by atoms with Crippen molar-refractivity contribution in [2.75, 3.05) is 53.5 Å². The predicted octanol–water partition coefficient (Wildman–Crippen LogP) is 2.45. The number of likely N-dealkylation sites (tertiary alicyclic amines) is 1. The first-order chi connectivity index (χ1) is 16.4. The Morgan fingerprint density at radius 1 is 0.971 bits per heavy atom. The molecule has 2 saturated heterocycles. The first-order valence-corrected chi connectivity index (χ1v) is 13.1. The molecule has 0 aliphatic carbocycles. The third-order valence-electron chi connectivity index (χ3n) is 6.64. The second kappa shape index (κ2) is 10.8. The number of sulfonamides is 1. The van der Waals surface area contributed by atoms with Crippen LogP contribution < -0.4 is 9.47 Å². The number of hydrogen-bond acceptors (Lipinski definition) is 6. The zero-order valence-electron chi connectivity index (χ0n) is 19.9. The molecule has 0 unspecified atom stereocenters. The summed E-state index contributed by atoms with van der Waals surface area (Å²) in [5, 5.41) is 0. The van der Waals surface area contributed by atoms with Gasteiger partial charge in [-0.15, -0.1) is 0 Å². The van der Waals surface area contributed by atoms with Crippen LogP contribution in [0.5, 0.6) is 11.5 Å². The molecule has 8 nitrogen and oxygen atoms in total. The smallest absolute Gasteiger partial charge is 0.247 e. The summed E-state index contributed by atoms with van der Waals surface area (Å²) in [5.74, 6) is 0.818. The number of carbonyl (C=O) groups excluding carboxylic acids is 1. The number of benzene rings is 2. The summed E-state index contributed by atoms with van der Waals surface area (Å²) in [4.78, 5) is 17.5. The van der Waals surface area contributed by atoms with E-state index in [0.29, 0.717) is 18.8 Å². The zero-order valence-corrected chi connectivity index (χ0v) is 20.7. The van der Waals surface area contributed by atoms with E-state index in [4.69, 9.17) is 9.47 Å². The Bertz CT molecular complexity index is 1080. The Morgan fingerprint density at radius 2 is 1.71 bits per heavy atom. The molecule has 0 bridgehead atoms. The van der Waals surface area contributed by atoms with Gasteiger partial charge >= 0.3 is 0 Å². The van der Waals surface area contributed by atoms with Gasteiger partial charge in [0.1, 0.15) is 16.4 Å². The van der Waals surface area contributed by atoms with Gasteiger partial charge in [0, 0.05) is 45.3 Å². The molecule has 0 radical (unpaired) electrons. The van der Waals surface area contributed by atoms with Gasteiger partial charge in [0.25, 0.3) is 0 Å². The molecule has 2 aliphatic rings. The lowest BCUT2D eigenvalue weighted by Gasteiger charge is -2.38. The maximum atomic E-state index is 13.3. The number of amides is 1. The van der Waals surface area contributed by atoms with Crippen molar-refractivity contribution in [2.24, 2.45) is 5.92 Å². The van der Waals surface area contributed by atoms with Crippen molar-refractivity contribution in [1.82, 2.24) is 14.1 Å². The predicted molar refractivity (Wildman–Crippen MR) is 129 cm³/mol. The number of rotatable bonds is 7. The average molecular weight is 488 g/mol. The van der Waals surface area contributed by atoms with Crippen LogP contribution in [0.4, 0.5) is 0 Å². The third-order valence-corrected chi connectivity index (χ3v) is 8.56. The van der Waals surface area contributed by atoms with Gasteiger partial charge in [-0.25, -0.2) is 8.42 Å². The molecule has 34 heavy (non-hydrogen) atoms. The summed E-state index contributed by atoms with van der Waals surface area (Å²) in [7, 11) is -0.831. The van der Waals surface area contributed by atoms with Crippen LogP contribution in [0, 0.1) is 5.92 Å². The van der Waals surface area contributed by atoms with E-state index in [1.165, 1.54) is 30.2 Å². The van der Waals surface area contributed by atoms with Crippen LogP contribution in [0.3, 0.4) is 0 Å². The lowest BCUT2D eigenvalue weighted by atomic mass is 9.95. The lowest BCUT2D eigenvalue weighted by Crippen LogP contribution is -2.53. The second-order valence-corrected chi connectivity index (χ2v) is 10.7. The monoisotopic (exact) mass is 487 g/mol. The molecule has 0 saturated carbocycles. The van der Waals surface area contributed by atoms with Gasteiger partial charge in [0.05, 0.1) is 20.1 Å². The fourth-order valence-electron chi connectivity index (χ4n) is 4.77. The summed E-state index contributed by atoms with van der Waals surface area (Å²) in [6.07, 6.45) is 1.87. The van der Waals surface area contributed by atoms with Gasteiger partial charge in [0.15, 0.2) is 0 Å². The molecule has 2 fully saturated rings. The normalized spacial score (nSPS) is 20.2. The minimum absolute atomic E-state index is 0.0425. The minimum atomic E-state index is -3.77. The van der Waals surface area contributed by atoms with E-state index in [1.54, 1.807) is 12.1 Å². The Hall–Kier alpha value is -2.62. The molecular formula is C25H33N3O5S. The fourth-order valence-corrected chi connectivity index (χ4v) is 6.37. The molecule has 2 aromatic rings. The van der Waals surface area contributed by atoms with Gasteiger partial charge in [-0.3, -0.25) is 9.69 Å². The standard InChI is InChI=1S/C25H33N3O5S/c1-32-22-10-11-23(33-2)24(17-22)34(30,31)28-15-13-27(14-16-28)25(29)21-9-6-12-26(19-21)18-20-7-4-3-5-8-20/h3-5,7-8,10-11,17,21H,6,9,12-16,18-19H2,1-2H3/t21-/m1/s1. The molecule has 2 aromatic carbocycles. The Kier molecular flexibility index (Phi) is 7.75. The highest BCUT2D eigenvalue weighted by Gasteiger charge is 2.35. The van der Waals surface area contributed by atoms with Crippen molar-refractivity contribution in [1.29, 1.82) is 0 Å². The van der Waals surface area contributed by atoms with Gasteiger partial charge in [0.2, 0.25) is 15.9 Å². The highest BCUT2D eigenvalue weighted by molar-refractivity contribution is 7.89. The van der Waals surface area contributed by atoms with E-state index < -0.39 is 10.0 Å². The number of nitrogens with zero attached hydrogens (tertiary/aromatic N) is 3. The summed E-state index contributed by atoms with van der Waals surface area (Å²) in [5.41, 5.74) is 1.25. The number of methoxy groups -OCH3 is 2. The maximum Gasteiger partial charge on any atom is 0.247 e. The number of piperazine rings is 1. The van der Waals surface area contributed by atoms with Crippen LogP contribution >= 0.6 is 0 Å². The van der Waals surface area contributed by atoms with Gasteiger partial charge in [-0.2, -0.15) is 4.31 Å². The van der Waals surface area contributed by atoms with E-state index in [-0.39, 0.29) is 35.6 Å². The van der Waals surface area contributed by atoms with Crippen LogP contribution in [0.15, 0.2) is 53.4 Å². The highest BCUT2D eigenvalue weighted by atomic mass is 32.2. The van der Waals surface area contributed by atoms with Crippen molar-refractivity contribution in [3.8, 4) is 11.5 Å². The van der Waals surface area contributed by atoms with Crippen LogP contribution in [-0.2, 0) is 21.4 Å². The number of piperidine rings is 1. The second-order valence-electron chi connectivity index (χ2n) is 8.81. The van der Waals surface area contributed by atoms with Crippen molar-refractivity contribution >= 4 is 15.9 Å². The molecule has 0 N–H and O–H groups in total. The SMILES string of the molecule is COc1ccc(OC)c(S(=O)(=O)N2CCN(C(=O)[C@@H]3CCCN(Cc4ccccc4)C3)CC2)c1. The first-order valence-electron chi connectivity index (χ1n) is 11.7. The van der Waals surface area contributed by atoms with E-state index in [0.717, 1.165) is 32.5 Å². The molecule has 1 atom stereocenters. The molecular weight excluding hydrogens is 454 g/mol. The minimum Gasteiger partial charge on any atom is -0.497 e. The summed E-state index contributed by atoms with van der Waals surface area (Å²) in [6, 6.07) is 15.1. The molecule has 2 aliphatic heterocycles. The average Bonchev–Trinajstić information content (AvgIpc) is 2.88. The van der Waals surface area contributed by atoms with Gasteiger partial charge in [-0.1, -0.05) is 30.3 Å². The first kappa shape index (κ1) is 24.5. The Balaban J connectivity index is 1.37. The summed E-state index contributed by atoms with van der Waals surface area (Å²) < 4.78 is 38.5. The quantitative estimate of drug-likeness (QED) is 0.597. The van der Waals surface area contributed by atoms with E-state index in [2.05, 4.69) is 17.0 Å². The van der Waals surface area contributed by atoms with Gasteiger partial charge in [-0.05, 0) is 37.1 Å². The topological polar surface area (TPSA) is 79.4 Å². The van der Waals surface area contributed by atoms with Crippen LogP contribution in [0.1, 0.15) is 18.4 Å². The van der Waals surface area contributed by atoms with Crippen LogP contribution in [0.25, 0.3) is 0 Å². The molecule has 1 amide bonds. The number of ether oxygens (including phenoxy) is 2. The maximum absolute atomic E-state index is 13.3.